The van der Waals surface area contributed by atoms with E-state index in [9.17, 15) is 32.8 Å². The Balaban J connectivity index is 3.07. The SMILES string of the molecule is CN(C(=O)OC(C)(C)C)[C@@H](Cc1cccc(B(O)O)c1)C(=O)NCC(F)(F)F. The van der Waals surface area contributed by atoms with Crippen LogP contribution in [0.1, 0.15) is 26.3 Å². The van der Waals surface area contributed by atoms with Gasteiger partial charge in [-0.25, -0.2) is 4.79 Å². The molecule has 1 aromatic carbocycles. The molecule has 156 valence electrons. The number of hydrogen-bond donors (Lipinski definition) is 3. The molecule has 0 fully saturated rings. The quantitative estimate of drug-likeness (QED) is 0.610. The van der Waals surface area contributed by atoms with Crippen LogP contribution >= 0.6 is 0 Å². The number of alkyl halides is 3. The number of rotatable bonds is 6. The van der Waals surface area contributed by atoms with Crippen molar-refractivity contribution in [1.29, 1.82) is 0 Å². The van der Waals surface area contributed by atoms with E-state index in [2.05, 4.69) is 0 Å². The normalized spacial score (nSPS) is 12.9. The van der Waals surface area contributed by atoms with Crippen molar-refractivity contribution < 1.29 is 37.5 Å². The monoisotopic (exact) mass is 404 g/mol. The van der Waals surface area contributed by atoms with Gasteiger partial charge in [-0.1, -0.05) is 24.3 Å². The van der Waals surface area contributed by atoms with Gasteiger partial charge in [-0.05, 0) is 31.8 Å². The van der Waals surface area contributed by atoms with Gasteiger partial charge in [-0.15, -0.1) is 0 Å². The maximum absolute atomic E-state index is 12.5. The topological polar surface area (TPSA) is 99.1 Å². The molecule has 2 amide bonds. The zero-order valence-corrected chi connectivity index (χ0v) is 16.1. The van der Waals surface area contributed by atoms with E-state index in [0.29, 0.717) is 5.56 Å². The van der Waals surface area contributed by atoms with E-state index in [1.807, 2.05) is 0 Å². The van der Waals surface area contributed by atoms with E-state index in [0.717, 1.165) is 4.90 Å². The third kappa shape index (κ3) is 8.18. The number of nitrogens with one attached hydrogen (secondary N) is 1. The molecule has 7 nitrogen and oxygen atoms in total. The first kappa shape index (κ1) is 23.8. The molecule has 0 aliphatic carbocycles. The van der Waals surface area contributed by atoms with Gasteiger partial charge in [-0.3, -0.25) is 9.69 Å². The second kappa shape index (κ2) is 9.29. The molecule has 28 heavy (non-hydrogen) atoms. The van der Waals surface area contributed by atoms with Crippen LogP contribution in [0.2, 0.25) is 0 Å². The summed E-state index contributed by atoms with van der Waals surface area (Å²) in [7, 11) is -0.502. The van der Waals surface area contributed by atoms with E-state index in [4.69, 9.17) is 4.74 Å². The van der Waals surface area contributed by atoms with E-state index >= 15 is 0 Å². The van der Waals surface area contributed by atoms with Crippen LogP contribution in [0.3, 0.4) is 0 Å². The minimum absolute atomic E-state index is 0.145. The highest BCUT2D eigenvalue weighted by atomic mass is 19.4. The summed E-state index contributed by atoms with van der Waals surface area (Å²) >= 11 is 0. The van der Waals surface area contributed by atoms with Gasteiger partial charge in [0.25, 0.3) is 0 Å². The van der Waals surface area contributed by atoms with Gasteiger partial charge in [0, 0.05) is 13.5 Å². The second-order valence-corrected chi connectivity index (χ2v) is 7.26. The van der Waals surface area contributed by atoms with Crippen molar-refractivity contribution in [2.24, 2.45) is 0 Å². The van der Waals surface area contributed by atoms with Crippen LogP contribution in [-0.4, -0.2) is 65.5 Å². The highest BCUT2D eigenvalue weighted by Gasteiger charge is 2.34. The summed E-state index contributed by atoms with van der Waals surface area (Å²) in [6, 6.07) is 4.58. The predicted molar refractivity (Wildman–Crippen MR) is 96.8 cm³/mol. The summed E-state index contributed by atoms with van der Waals surface area (Å²) in [4.78, 5) is 25.6. The number of carbonyl (C=O) groups excluding carboxylic acids is 2. The summed E-state index contributed by atoms with van der Waals surface area (Å²) in [6.07, 6.45) is -5.64. The average molecular weight is 404 g/mol. The summed E-state index contributed by atoms with van der Waals surface area (Å²) in [5.41, 5.74) is -0.292. The maximum Gasteiger partial charge on any atom is 0.488 e. The zero-order valence-electron chi connectivity index (χ0n) is 16.1. The van der Waals surface area contributed by atoms with Gasteiger partial charge in [-0.2, -0.15) is 13.2 Å². The van der Waals surface area contributed by atoms with E-state index in [1.165, 1.54) is 25.2 Å². The average Bonchev–Trinajstić information content (AvgIpc) is 2.55. The third-order valence-corrected chi connectivity index (χ3v) is 3.59. The fraction of sp³-hybridized carbons (Fsp3) is 0.529. The molecule has 0 aliphatic heterocycles. The molecule has 0 saturated carbocycles. The first-order valence-electron chi connectivity index (χ1n) is 8.45. The number of ether oxygens (including phenoxy) is 1. The predicted octanol–water partition coefficient (Wildman–Crippen LogP) is 0.823. The maximum atomic E-state index is 12.5. The van der Waals surface area contributed by atoms with Crippen molar-refractivity contribution >= 4 is 24.6 Å². The summed E-state index contributed by atoms with van der Waals surface area (Å²) < 4.78 is 42.5. The third-order valence-electron chi connectivity index (χ3n) is 3.59. The molecular formula is C17H24BF3N2O5. The van der Waals surface area contributed by atoms with Gasteiger partial charge in [0.05, 0.1) is 0 Å². The lowest BCUT2D eigenvalue weighted by Crippen LogP contribution is -2.51. The lowest BCUT2D eigenvalue weighted by atomic mass is 9.79. The molecule has 0 unspecified atom stereocenters. The molecule has 0 heterocycles. The fourth-order valence-corrected chi connectivity index (χ4v) is 2.28. The second-order valence-electron chi connectivity index (χ2n) is 7.26. The molecule has 0 aliphatic rings. The summed E-state index contributed by atoms with van der Waals surface area (Å²) in [5.74, 6) is -1.01. The van der Waals surface area contributed by atoms with Gasteiger partial charge in [0.15, 0.2) is 0 Å². The fourth-order valence-electron chi connectivity index (χ4n) is 2.28. The Morgan fingerprint density at radius 1 is 1.25 bits per heavy atom. The standard InChI is InChI=1S/C17H24BF3N2O5/c1-16(2,3)28-15(25)23(4)13(14(24)22-10-17(19,20)21)9-11-6-5-7-12(8-11)18(26)27/h5-8,13,26-27H,9-10H2,1-4H3,(H,22,24)/t13-/m0/s1. The minimum atomic E-state index is -4.61. The lowest BCUT2D eigenvalue weighted by molar-refractivity contribution is -0.141. The largest absolute Gasteiger partial charge is 0.488 e. The van der Waals surface area contributed by atoms with E-state index in [-0.39, 0.29) is 11.9 Å². The Morgan fingerprint density at radius 2 is 1.86 bits per heavy atom. The number of hydrogen-bond acceptors (Lipinski definition) is 5. The van der Waals surface area contributed by atoms with Gasteiger partial charge < -0.3 is 20.1 Å². The van der Waals surface area contributed by atoms with Gasteiger partial charge in [0.2, 0.25) is 5.91 Å². The van der Waals surface area contributed by atoms with Gasteiger partial charge in [0.1, 0.15) is 18.2 Å². The molecule has 1 atom stereocenters. The molecule has 0 saturated heterocycles. The highest BCUT2D eigenvalue weighted by Crippen LogP contribution is 2.16. The van der Waals surface area contributed by atoms with Crippen molar-refractivity contribution in [2.45, 2.75) is 45.0 Å². The van der Waals surface area contributed by atoms with E-state index in [1.54, 1.807) is 32.2 Å². The lowest BCUT2D eigenvalue weighted by Gasteiger charge is -2.30. The smallest absolute Gasteiger partial charge is 0.444 e. The molecular weight excluding hydrogens is 380 g/mol. The Hall–Kier alpha value is -2.27. The number of amides is 2. The molecule has 0 aromatic heterocycles. The van der Waals surface area contributed by atoms with Crippen LogP contribution in [0.4, 0.5) is 18.0 Å². The van der Waals surface area contributed by atoms with Crippen molar-refractivity contribution in [2.75, 3.05) is 13.6 Å². The molecule has 3 N–H and O–H groups in total. The number of carbonyl (C=O) groups is 2. The molecule has 0 spiro atoms. The van der Waals surface area contributed by atoms with Crippen LogP contribution < -0.4 is 10.8 Å². The Labute approximate surface area is 161 Å². The minimum Gasteiger partial charge on any atom is -0.444 e. The molecule has 11 heteroatoms. The Morgan fingerprint density at radius 3 is 2.36 bits per heavy atom. The summed E-state index contributed by atoms with van der Waals surface area (Å²) in [5, 5.41) is 20.3. The Kier molecular flexibility index (Phi) is 7.89. The first-order valence-corrected chi connectivity index (χ1v) is 8.45. The number of halogens is 3. The molecule has 0 radical (unpaired) electrons. The van der Waals surface area contributed by atoms with Crippen LogP contribution in [0.15, 0.2) is 24.3 Å². The van der Waals surface area contributed by atoms with Crippen molar-refractivity contribution in [1.82, 2.24) is 10.2 Å². The van der Waals surface area contributed by atoms with E-state index < -0.39 is 43.5 Å². The van der Waals surface area contributed by atoms with Crippen molar-refractivity contribution in [3.8, 4) is 0 Å². The van der Waals surface area contributed by atoms with Crippen LogP contribution in [-0.2, 0) is 16.0 Å². The first-order chi connectivity index (χ1) is 12.7. The molecule has 0 bridgehead atoms. The molecule has 1 aromatic rings. The number of likely N-dealkylation sites (N-methyl/N-ethyl adjacent to an activating group) is 1. The van der Waals surface area contributed by atoms with Crippen LogP contribution in [0.25, 0.3) is 0 Å². The van der Waals surface area contributed by atoms with Crippen LogP contribution in [0.5, 0.6) is 0 Å². The zero-order chi connectivity index (χ0) is 21.7. The number of benzene rings is 1. The highest BCUT2D eigenvalue weighted by molar-refractivity contribution is 6.58. The van der Waals surface area contributed by atoms with Crippen molar-refractivity contribution in [3.05, 3.63) is 29.8 Å². The number of nitrogens with zero attached hydrogens (tertiary/aromatic N) is 1. The van der Waals surface area contributed by atoms with Gasteiger partial charge >= 0.3 is 19.4 Å². The van der Waals surface area contributed by atoms with Crippen molar-refractivity contribution in [3.63, 3.8) is 0 Å². The summed E-state index contributed by atoms with van der Waals surface area (Å²) in [6.45, 7) is 3.30. The Bertz CT molecular complexity index is 692. The van der Waals surface area contributed by atoms with Crippen LogP contribution in [0, 0.1) is 0 Å². The molecule has 1 rings (SSSR count).